The van der Waals surface area contributed by atoms with Crippen LogP contribution in [0.5, 0.6) is 0 Å². The predicted molar refractivity (Wildman–Crippen MR) is 90.4 cm³/mol. The molecule has 1 heterocycles. The summed E-state index contributed by atoms with van der Waals surface area (Å²) in [5, 5.41) is 11.4. The Morgan fingerprint density at radius 1 is 1.13 bits per heavy atom. The topological polar surface area (TPSA) is 78.4 Å². The highest BCUT2D eigenvalue weighted by molar-refractivity contribution is 7.14. The summed E-state index contributed by atoms with van der Waals surface area (Å²) in [6, 6.07) is 13.4. The maximum atomic E-state index is 11.7. The Kier molecular flexibility index (Phi) is 6.53. The van der Waals surface area contributed by atoms with Gasteiger partial charge in [0.2, 0.25) is 5.91 Å². The molecule has 0 aliphatic rings. The maximum Gasteiger partial charge on any atom is 0.284 e. The molecule has 0 saturated carbocycles. The molecule has 2 amide bonds. The van der Waals surface area contributed by atoms with E-state index >= 15 is 0 Å². The number of amides is 2. The molecule has 0 aliphatic carbocycles. The molecule has 0 spiro atoms. The number of rotatable bonds is 7. The number of aryl methyl sites for hydroxylation is 1. The van der Waals surface area contributed by atoms with E-state index in [1.54, 1.807) is 23.7 Å². The van der Waals surface area contributed by atoms with E-state index in [2.05, 4.69) is 17.4 Å². The SMILES string of the molecule is O=C(/C=C/c1ccc(C(=O)NO)s1)NCCCc1ccccc1. The van der Waals surface area contributed by atoms with Gasteiger partial charge in [-0.1, -0.05) is 30.3 Å². The van der Waals surface area contributed by atoms with E-state index in [1.165, 1.54) is 23.0 Å². The van der Waals surface area contributed by atoms with Crippen LogP contribution in [0.4, 0.5) is 0 Å². The van der Waals surface area contributed by atoms with Crippen LogP contribution in [-0.4, -0.2) is 23.6 Å². The number of hydrogen-bond acceptors (Lipinski definition) is 4. The van der Waals surface area contributed by atoms with Gasteiger partial charge in [-0.15, -0.1) is 11.3 Å². The lowest BCUT2D eigenvalue weighted by atomic mass is 10.1. The van der Waals surface area contributed by atoms with E-state index in [-0.39, 0.29) is 5.91 Å². The Morgan fingerprint density at radius 3 is 2.65 bits per heavy atom. The normalized spacial score (nSPS) is 10.7. The lowest BCUT2D eigenvalue weighted by Gasteiger charge is -2.02. The number of carbonyl (C=O) groups excluding carboxylic acids is 2. The van der Waals surface area contributed by atoms with E-state index < -0.39 is 5.91 Å². The maximum absolute atomic E-state index is 11.7. The smallest absolute Gasteiger partial charge is 0.284 e. The zero-order valence-electron chi connectivity index (χ0n) is 12.5. The highest BCUT2D eigenvalue weighted by atomic mass is 32.1. The second-order valence-corrected chi connectivity index (χ2v) is 5.97. The average Bonchev–Trinajstić information content (AvgIpc) is 3.06. The van der Waals surface area contributed by atoms with Crippen LogP contribution in [-0.2, 0) is 11.2 Å². The van der Waals surface area contributed by atoms with Gasteiger partial charge in [0.15, 0.2) is 0 Å². The van der Waals surface area contributed by atoms with Crippen molar-refractivity contribution in [2.75, 3.05) is 6.54 Å². The summed E-state index contributed by atoms with van der Waals surface area (Å²) in [7, 11) is 0. The Hall–Kier alpha value is -2.44. The minimum Gasteiger partial charge on any atom is -0.353 e. The van der Waals surface area contributed by atoms with Crippen LogP contribution in [0.25, 0.3) is 6.08 Å². The minimum absolute atomic E-state index is 0.167. The number of benzene rings is 1. The largest absolute Gasteiger partial charge is 0.353 e. The first-order valence-corrected chi connectivity index (χ1v) is 8.05. The van der Waals surface area contributed by atoms with Gasteiger partial charge in [0.05, 0.1) is 4.88 Å². The molecule has 1 aromatic carbocycles. The Balaban J connectivity index is 1.72. The average molecular weight is 330 g/mol. The number of nitrogens with one attached hydrogen (secondary N) is 2. The van der Waals surface area contributed by atoms with E-state index in [4.69, 9.17) is 5.21 Å². The van der Waals surface area contributed by atoms with Crippen LogP contribution in [0.1, 0.15) is 26.5 Å². The van der Waals surface area contributed by atoms with Gasteiger partial charge in [0.1, 0.15) is 0 Å². The Morgan fingerprint density at radius 2 is 1.91 bits per heavy atom. The number of hydrogen-bond donors (Lipinski definition) is 3. The van der Waals surface area contributed by atoms with Crippen LogP contribution >= 0.6 is 11.3 Å². The van der Waals surface area contributed by atoms with Crippen LogP contribution < -0.4 is 10.8 Å². The summed E-state index contributed by atoms with van der Waals surface area (Å²) in [5.41, 5.74) is 2.83. The highest BCUT2D eigenvalue weighted by Gasteiger charge is 2.06. The molecule has 5 nitrogen and oxygen atoms in total. The zero-order chi connectivity index (χ0) is 16.5. The number of thiophene rings is 1. The van der Waals surface area contributed by atoms with Gasteiger partial charge in [-0.25, -0.2) is 5.48 Å². The third-order valence-corrected chi connectivity index (χ3v) is 4.18. The molecule has 3 N–H and O–H groups in total. The van der Waals surface area contributed by atoms with Gasteiger partial charge < -0.3 is 5.32 Å². The Bertz CT molecular complexity index is 680. The van der Waals surface area contributed by atoms with Crippen molar-refractivity contribution >= 4 is 29.2 Å². The van der Waals surface area contributed by atoms with Crippen molar-refractivity contribution in [2.45, 2.75) is 12.8 Å². The van der Waals surface area contributed by atoms with Crippen LogP contribution in [0.3, 0.4) is 0 Å². The lowest BCUT2D eigenvalue weighted by molar-refractivity contribution is -0.116. The van der Waals surface area contributed by atoms with Crippen molar-refractivity contribution in [3.8, 4) is 0 Å². The second kappa shape index (κ2) is 8.87. The summed E-state index contributed by atoms with van der Waals surface area (Å²) in [6.07, 6.45) is 4.89. The summed E-state index contributed by atoms with van der Waals surface area (Å²) in [6.45, 7) is 0.612. The molecule has 0 unspecified atom stereocenters. The first kappa shape index (κ1) is 16.9. The summed E-state index contributed by atoms with van der Waals surface area (Å²) in [4.78, 5) is 24.1. The number of carbonyl (C=O) groups is 2. The molecule has 0 atom stereocenters. The lowest BCUT2D eigenvalue weighted by Crippen LogP contribution is -2.22. The highest BCUT2D eigenvalue weighted by Crippen LogP contribution is 2.17. The molecule has 2 aromatic rings. The van der Waals surface area contributed by atoms with Crippen LogP contribution in [0, 0.1) is 0 Å². The molecule has 0 bridgehead atoms. The van der Waals surface area contributed by atoms with Crippen molar-refractivity contribution in [1.29, 1.82) is 0 Å². The zero-order valence-corrected chi connectivity index (χ0v) is 13.3. The first-order chi connectivity index (χ1) is 11.2. The molecule has 0 fully saturated rings. The van der Waals surface area contributed by atoms with Crippen molar-refractivity contribution in [2.24, 2.45) is 0 Å². The summed E-state index contributed by atoms with van der Waals surface area (Å²) >= 11 is 1.19. The number of hydroxylamine groups is 1. The molecule has 0 aliphatic heterocycles. The monoisotopic (exact) mass is 330 g/mol. The fourth-order valence-electron chi connectivity index (χ4n) is 1.99. The van der Waals surface area contributed by atoms with Gasteiger partial charge in [0.25, 0.3) is 5.91 Å². The van der Waals surface area contributed by atoms with Crippen molar-refractivity contribution in [1.82, 2.24) is 10.8 Å². The summed E-state index contributed by atoms with van der Waals surface area (Å²) in [5.74, 6) is -0.723. The van der Waals surface area contributed by atoms with Crippen LogP contribution in [0.15, 0.2) is 48.5 Å². The van der Waals surface area contributed by atoms with Gasteiger partial charge in [-0.3, -0.25) is 14.8 Å². The minimum atomic E-state index is -0.556. The molecule has 6 heteroatoms. The van der Waals surface area contributed by atoms with Crippen molar-refractivity contribution < 1.29 is 14.8 Å². The standard InChI is InChI=1S/C17H18N2O3S/c20-16(18-12-4-7-13-5-2-1-3-6-13)11-9-14-8-10-15(23-14)17(21)19-22/h1-3,5-6,8-11,22H,4,7,12H2,(H,18,20)(H,19,21)/b11-9+. The Labute approximate surface area is 138 Å². The molecule has 0 radical (unpaired) electrons. The van der Waals surface area contributed by atoms with Gasteiger partial charge in [0, 0.05) is 17.5 Å². The third-order valence-electron chi connectivity index (χ3n) is 3.14. The molecule has 23 heavy (non-hydrogen) atoms. The van der Waals surface area contributed by atoms with E-state index in [0.29, 0.717) is 11.4 Å². The molecule has 2 rings (SSSR count). The third kappa shape index (κ3) is 5.69. The van der Waals surface area contributed by atoms with Gasteiger partial charge in [-0.05, 0) is 36.6 Å². The van der Waals surface area contributed by atoms with Gasteiger partial charge in [-0.2, -0.15) is 0 Å². The molecule has 0 saturated heterocycles. The summed E-state index contributed by atoms with van der Waals surface area (Å²) < 4.78 is 0. The second-order valence-electron chi connectivity index (χ2n) is 4.86. The van der Waals surface area contributed by atoms with Crippen LogP contribution in [0.2, 0.25) is 0 Å². The van der Waals surface area contributed by atoms with E-state index in [9.17, 15) is 9.59 Å². The first-order valence-electron chi connectivity index (χ1n) is 7.23. The molecular weight excluding hydrogens is 312 g/mol. The molecule has 120 valence electrons. The fourth-order valence-corrected chi connectivity index (χ4v) is 2.79. The molecular formula is C17H18N2O3S. The van der Waals surface area contributed by atoms with E-state index in [1.807, 2.05) is 18.2 Å². The van der Waals surface area contributed by atoms with Crippen molar-refractivity contribution in [3.63, 3.8) is 0 Å². The fraction of sp³-hybridized carbons (Fsp3) is 0.176. The predicted octanol–water partition coefficient (Wildman–Crippen LogP) is 2.63. The van der Waals surface area contributed by atoms with Gasteiger partial charge >= 0.3 is 0 Å². The molecule has 1 aromatic heterocycles. The van der Waals surface area contributed by atoms with E-state index in [0.717, 1.165) is 17.7 Å². The van der Waals surface area contributed by atoms with Crippen molar-refractivity contribution in [3.05, 3.63) is 63.9 Å². The quantitative estimate of drug-likeness (QED) is 0.316.